The Bertz CT molecular complexity index is 476. The van der Waals surface area contributed by atoms with Crippen LogP contribution in [0.15, 0.2) is 18.2 Å². The first-order valence-electron chi connectivity index (χ1n) is 6.45. The fourth-order valence-electron chi connectivity index (χ4n) is 2.26. The molecule has 0 radical (unpaired) electrons. The third kappa shape index (κ3) is 3.24. The van der Waals surface area contributed by atoms with Gasteiger partial charge < -0.3 is 15.1 Å². The van der Waals surface area contributed by atoms with Crippen molar-refractivity contribution in [3.63, 3.8) is 0 Å². The molecule has 1 heterocycles. The van der Waals surface area contributed by atoms with E-state index in [9.17, 15) is 15.0 Å². The van der Waals surface area contributed by atoms with E-state index in [2.05, 4.69) is 23.8 Å². The van der Waals surface area contributed by atoms with Crippen LogP contribution in [0.1, 0.15) is 17.3 Å². The number of likely N-dealkylation sites (N-methyl/N-ethyl adjacent to an activating group) is 1. The fraction of sp³-hybridized carbons (Fsp3) is 0.500. The number of Topliss-reactive ketones (excluding diaryl/α,β-unsaturated/α-hetero) is 1. The molecule has 5 heteroatoms. The smallest absolute Gasteiger partial charge is 0.176 e. The first-order chi connectivity index (χ1) is 8.97. The lowest BCUT2D eigenvalue weighted by atomic mass is 10.1. The number of phenolic OH excluding ortho intramolecular Hbond substituents is 2. The highest BCUT2D eigenvalue weighted by Crippen LogP contribution is 2.25. The van der Waals surface area contributed by atoms with Crippen LogP contribution in [0.3, 0.4) is 0 Å². The number of ketones is 1. The van der Waals surface area contributed by atoms with E-state index in [4.69, 9.17) is 0 Å². The maximum absolute atomic E-state index is 12.1. The average Bonchev–Trinajstić information content (AvgIpc) is 2.37. The number of hydrogen-bond acceptors (Lipinski definition) is 5. The SMILES string of the molecule is CC1CN(CC(=O)c2ccc(O)c(O)c2)CCN1C. The molecule has 19 heavy (non-hydrogen) atoms. The minimum atomic E-state index is -0.252. The van der Waals surface area contributed by atoms with E-state index in [1.54, 1.807) is 0 Å². The topological polar surface area (TPSA) is 64.0 Å². The monoisotopic (exact) mass is 264 g/mol. The van der Waals surface area contributed by atoms with Crippen molar-refractivity contribution in [3.05, 3.63) is 23.8 Å². The molecule has 1 aliphatic heterocycles. The van der Waals surface area contributed by atoms with Crippen molar-refractivity contribution in [2.45, 2.75) is 13.0 Å². The number of hydrogen-bond donors (Lipinski definition) is 2. The number of nitrogens with zero attached hydrogens (tertiary/aromatic N) is 2. The van der Waals surface area contributed by atoms with E-state index in [0.717, 1.165) is 19.6 Å². The molecule has 1 saturated heterocycles. The van der Waals surface area contributed by atoms with Gasteiger partial charge in [-0.15, -0.1) is 0 Å². The van der Waals surface area contributed by atoms with E-state index in [0.29, 0.717) is 18.2 Å². The largest absolute Gasteiger partial charge is 0.504 e. The predicted molar refractivity (Wildman–Crippen MR) is 72.6 cm³/mol. The van der Waals surface area contributed by atoms with Gasteiger partial charge >= 0.3 is 0 Å². The van der Waals surface area contributed by atoms with Gasteiger partial charge in [-0.3, -0.25) is 9.69 Å². The highest BCUT2D eigenvalue weighted by atomic mass is 16.3. The van der Waals surface area contributed by atoms with Crippen LogP contribution in [0.5, 0.6) is 11.5 Å². The fourth-order valence-corrected chi connectivity index (χ4v) is 2.26. The Morgan fingerprint density at radius 1 is 1.32 bits per heavy atom. The maximum Gasteiger partial charge on any atom is 0.176 e. The van der Waals surface area contributed by atoms with Crippen LogP contribution in [0.25, 0.3) is 0 Å². The van der Waals surface area contributed by atoms with Gasteiger partial charge in [0.1, 0.15) is 0 Å². The zero-order valence-electron chi connectivity index (χ0n) is 11.3. The van der Waals surface area contributed by atoms with E-state index >= 15 is 0 Å². The van der Waals surface area contributed by atoms with Gasteiger partial charge in [0, 0.05) is 31.2 Å². The molecule has 0 saturated carbocycles. The lowest BCUT2D eigenvalue weighted by Gasteiger charge is -2.37. The van der Waals surface area contributed by atoms with Crippen molar-refractivity contribution in [2.75, 3.05) is 33.2 Å². The molecule has 0 aliphatic carbocycles. The number of carbonyl (C=O) groups excluding carboxylic acids is 1. The molecule has 0 spiro atoms. The number of benzene rings is 1. The summed E-state index contributed by atoms with van der Waals surface area (Å²) in [7, 11) is 2.09. The summed E-state index contributed by atoms with van der Waals surface area (Å²) < 4.78 is 0. The van der Waals surface area contributed by atoms with Crippen molar-refractivity contribution in [1.29, 1.82) is 0 Å². The Labute approximate surface area is 113 Å². The van der Waals surface area contributed by atoms with Crippen LogP contribution >= 0.6 is 0 Å². The van der Waals surface area contributed by atoms with Gasteiger partial charge in [-0.25, -0.2) is 0 Å². The highest BCUT2D eigenvalue weighted by molar-refractivity contribution is 5.98. The molecule has 0 aromatic heterocycles. The Morgan fingerprint density at radius 3 is 2.68 bits per heavy atom. The third-order valence-corrected chi connectivity index (χ3v) is 3.71. The van der Waals surface area contributed by atoms with Crippen LogP contribution in [0.2, 0.25) is 0 Å². The number of rotatable bonds is 3. The van der Waals surface area contributed by atoms with E-state index < -0.39 is 0 Å². The molecule has 0 amide bonds. The summed E-state index contributed by atoms with van der Waals surface area (Å²) in [6, 6.07) is 4.64. The minimum absolute atomic E-state index is 0.0351. The average molecular weight is 264 g/mol. The van der Waals surface area contributed by atoms with Gasteiger partial charge in [0.25, 0.3) is 0 Å². The molecule has 2 N–H and O–H groups in total. The van der Waals surface area contributed by atoms with E-state index in [1.807, 2.05) is 0 Å². The van der Waals surface area contributed by atoms with Crippen LogP contribution in [-0.2, 0) is 0 Å². The zero-order valence-corrected chi connectivity index (χ0v) is 11.3. The van der Waals surface area contributed by atoms with Crippen molar-refractivity contribution in [2.24, 2.45) is 0 Å². The lowest BCUT2D eigenvalue weighted by Crippen LogP contribution is -2.51. The van der Waals surface area contributed by atoms with Gasteiger partial charge in [0.2, 0.25) is 0 Å². The predicted octanol–water partition coefficient (Wildman–Crippen LogP) is 0.916. The normalized spacial score (nSPS) is 21.5. The van der Waals surface area contributed by atoms with E-state index in [1.165, 1.54) is 18.2 Å². The molecule has 1 aromatic carbocycles. The van der Waals surface area contributed by atoms with Crippen LogP contribution in [0.4, 0.5) is 0 Å². The number of phenols is 2. The molecule has 0 bridgehead atoms. The minimum Gasteiger partial charge on any atom is -0.504 e. The first kappa shape index (κ1) is 13.8. The van der Waals surface area contributed by atoms with Crippen LogP contribution < -0.4 is 0 Å². The number of carbonyl (C=O) groups is 1. The third-order valence-electron chi connectivity index (χ3n) is 3.71. The summed E-state index contributed by atoms with van der Waals surface area (Å²) in [4.78, 5) is 16.5. The molecule has 1 fully saturated rings. The first-order valence-corrected chi connectivity index (χ1v) is 6.45. The molecular weight excluding hydrogens is 244 g/mol. The maximum atomic E-state index is 12.1. The second kappa shape index (κ2) is 5.59. The van der Waals surface area contributed by atoms with E-state index in [-0.39, 0.29) is 17.3 Å². The lowest BCUT2D eigenvalue weighted by molar-refractivity contribution is 0.0785. The Kier molecular flexibility index (Phi) is 4.07. The molecule has 2 rings (SSSR count). The summed E-state index contributed by atoms with van der Waals surface area (Å²) in [6.45, 7) is 5.18. The van der Waals surface area contributed by atoms with Crippen LogP contribution in [0, 0.1) is 0 Å². The van der Waals surface area contributed by atoms with Gasteiger partial charge in [-0.1, -0.05) is 0 Å². The summed E-state index contributed by atoms with van der Waals surface area (Å²) >= 11 is 0. The van der Waals surface area contributed by atoms with Gasteiger partial charge in [0.05, 0.1) is 6.54 Å². The standard InChI is InChI=1S/C14H20N2O3/c1-10-8-16(6-5-15(10)2)9-14(19)11-3-4-12(17)13(18)7-11/h3-4,7,10,17-18H,5-6,8-9H2,1-2H3. The summed E-state index contributed by atoms with van der Waals surface area (Å²) in [6.07, 6.45) is 0. The van der Waals surface area contributed by atoms with Gasteiger partial charge in [0.15, 0.2) is 17.3 Å². The molecule has 5 nitrogen and oxygen atoms in total. The van der Waals surface area contributed by atoms with Crippen LogP contribution in [-0.4, -0.2) is 65.1 Å². The Hall–Kier alpha value is -1.59. The van der Waals surface area contributed by atoms with Gasteiger partial charge in [-0.2, -0.15) is 0 Å². The summed E-state index contributed by atoms with van der Waals surface area (Å²) in [5, 5.41) is 18.6. The molecule has 1 unspecified atom stereocenters. The number of aromatic hydroxyl groups is 2. The van der Waals surface area contributed by atoms with Crippen molar-refractivity contribution >= 4 is 5.78 Å². The highest BCUT2D eigenvalue weighted by Gasteiger charge is 2.22. The summed E-state index contributed by atoms with van der Waals surface area (Å²) in [5.41, 5.74) is 0.432. The second-order valence-electron chi connectivity index (χ2n) is 5.19. The molecule has 1 atom stereocenters. The quantitative estimate of drug-likeness (QED) is 0.628. The van der Waals surface area contributed by atoms with Crippen molar-refractivity contribution in [3.8, 4) is 11.5 Å². The molecule has 1 aromatic rings. The molecule has 104 valence electrons. The summed E-state index contributed by atoms with van der Waals surface area (Å²) in [5.74, 6) is -0.491. The zero-order chi connectivity index (χ0) is 14.0. The van der Waals surface area contributed by atoms with Gasteiger partial charge in [-0.05, 0) is 32.2 Å². The Morgan fingerprint density at radius 2 is 2.05 bits per heavy atom. The van der Waals surface area contributed by atoms with Crippen molar-refractivity contribution < 1.29 is 15.0 Å². The molecule has 1 aliphatic rings. The molecular formula is C14H20N2O3. The Balaban J connectivity index is 1.99. The van der Waals surface area contributed by atoms with Crippen molar-refractivity contribution in [1.82, 2.24) is 9.80 Å². The second-order valence-corrected chi connectivity index (χ2v) is 5.19. The number of piperazine rings is 1.